The third-order valence-electron chi connectivity index (χ3n) is 3.80. The van der Waals surface area contributed by atoms with Crippen LogP contribution in [0.2, 0.25) is 0 Å². The first-order chi connectivity index (χ1) is 10.2. The molecule has 0 spiro atoms. The van der Waals surface area contributed by atoms with Gasteiger partial charge in [-0.2, -0.15) is 5.10 Å². The van der Waals surface area contributed by atoms with E-state index in [1.54, 1.807) is 16.9 Å². The maximum Gasteiger partial charge on any atom is 0.127 e. The van der Waals surface area contributed by atoms with Crippen LogP contribution in [-0.4, -0.2) is 38.5 Å². The summed E-state index contributed by atoms with van der Waals surface area (Å²) in [6.07, 6.45) is 5.29. The summed E-state index contributed by atoms with van der Waals surface area (Å²) in [7, 11) is 0. The summed E-state index contributed by atoms with van der Waals surface area (Å²) >= 11 is 0. The molecule has 1 atom stereocenters. The van der Waals surface area contributed by atoms with Gasteiger partial charge in [0, 0.05) is 37.1 Å². The first-order valence-electron chi connectivity index (χ1n) is 7.35. The van der Waals surface area contributed by atoms with E-state index in [0.29, 0.717) is 31.2 Å². The largest absolute Gasteiger partial charge is 0.390 e. The molecule has 1 aromatic carbocycles. The van der Waals surface area contributed by atoms with Crippen molar-refractivity contribution in [3.63, 3.8) is 0 Å². The zero-order chi connectivity index (χ0) is 14.7. The molecule has 1 aliphatic carbocycles. The van der Waals surface area contributed by atoms with Crippen LogP contribution in [0.15, 0.2) is 42.7 Å². The fraction of sp³-hybridized carbons (Fsp3) is 0.438. The molecule has 1 saturated carbocycles. The summed E-state index contributed by atoms with van der Waals surface area (Å²) in [5, 5.41) is 14.3. The van der Waals surface area contributed by atoms with E-state index in [0.717, 1.165) is 12.8 Å². The SMILES string of the molecule is O[C@@H](CN(Cc1ccccc1F)C1CC1)Cn1cccn1. The minimum Gasteiger partial charge on any atom is -0.390 e. The van der Waals surface area contributed by atoms with Gasteiger partial charge in [0.15, 0.2) is 0 Å². The van der Waals surface area contributed by atoms with Gasteiger partial charge in [-0.3, -0.25) is 9.58 Å². The van der Waals surface area contributed by atoms with Crippen molar-refractivity contribution in [3.8, 4) is 0 Å². The molecular formula is C16H20FN3O. The third kappa shape index (κ3) is 3.89. The molecule has 0 radical (unpaired) electrons. The van der Waals surface area contributed by atoms with E-state index in [9.17, 15) is 9.50 Å². The molecule has 0 aliphatic heterocycles. The van der Waals surface area contributed by atoms with E-state index in [-0.39, 0.29) is 5.82 Å². The lowest BCUT2D eigenvalue weighted by atomic mass is 10.2. The summed E-state index contributed by atoms with van der Waals surface area (Å²) in [6, 6.07) is 9.16. The van der Waals surface area contributed by atoms with Gasteiger partial charge in [-0.15, -0.1) is 0 Å². The zero-order valence-electron chi connectivity index (χ0n) is 11.9. The molecule has 0 bridgehead atoms. The highest BCUT2D eigenvalue weighted by molar-refractivity contribution is 5.17. The molecule has 5 heteroatoms. The van der Waals surface area contributed by atoms with Gasteiger partial charge in [0.2, 0.25) is 0 Å². The number of nitrogens with zero attached hydrogens (tertiary/aromatic N) is 3. The van der Waals surface area contributed by atoms with Crippen molar-refractivity contribution < 1.29 is 9.50 Å². The van der Waals surface area contributed by atoms with Crippen LogP contribution in [0.3, 0.4) is 0 Å². The van der Waals surface area contributed by atoms with E-state index in [1.807, 2.05) is 24.4 Å². The number of halogens is 1. The molecule has 4 nitrogen and oxygen atoms in total. The van der Waals surface area contributed by atoms with Crippen molar-refractivity contribution in [1.82, 2.24) is 14.7 Å². The average Bonchev–Trinajstić information content (AvgIpc) is 3.19. The molecule has 3 rings (SSSR count). The van der Waals surface area contributed by atoms with Crippen molar-refractivity contribution in [3.05, 3.63) is 54.1 Å². The van der Waals surface area contributed by atoms with E-state index < -0.39 is 6.10 Å². The minimum absolute atomic E-state index is 0.176. The van der Waals surface area contributed by atoms with Crippen molar-refractivity contribution in [1.29, 1.82) is 0 Å². The van der Waals surface area contributed by atoms with Gasteiger partial charge in [-0.05, 0) is 25.0 Å². The standard InChI is InChI=1S/C16H20FN3O/c17-16-5-2-1-4-13(16)10-19(14-6-7-14)11-15(21)12-20-9-3-8-18-20/h1-5,8-9,14-15,21H,6-7,10-12H2/t15-/m0/s1. The van der Waals surface area contributed by atoms with Crippen molar-refractivity contribution in [2.75, 3.05) is 6.54 Å². The van der Waals surface area contributed by atoms with Gasteiger partial charge < -0.3 is 5.11 Å². The Kier molecular flexibility index (Phi) is 4.31. The molecule has 1 heterocycles. The second-order valence-corrected chi connectivity index (χ2v) is 5.63. The molecule has 1 N–H and O–H groups in total. The van der Waals surface area contributed by atoms with Gasteiger partial charge >= 0.3 is 0 Å². The molecular weight excluding hydrogens is 269 g/mol. The van der Waals surface area contributed by atoms with Crippen LogP contribution in [0.1, 0.15) is 18.4 Å². The van der Waals surface area contributed by atoms with Gasteiger partial charge in [-0.25, -0.2) is 4.39 Å². The van der Waals surface area contributed by atoms with Crippen molar-refractivity contribution in [2.24, 2.45) is 0 Å². The van der Waals surface area contributed by atoms with Gasteiger partial charge in [-0.1, -0.05) is 18.2 Å². The van der Waals surface area contributed by atoms with Gasteiger partial charge in [0.05, 0.1) is 12.6 Å². The summed E-state index contributed by atoms with van der Waals surface area (Å²) in [5.41, 5.74) is 0.690. The lowest BCUT2D eigenvalue weighted by molar-refractivity contribution is 0.0870. The Balaban J connectivity index is 1.61. The summed E-state index contributed by atoms with van der Waals surface area (Å²) in [4.78, 5) is 2.17. The highest BCUT2D eigenvalue weighted by atomic mass is 19.1. The van der Waals surface area contributed by atoms with E-state index >= 15 is 0 Å². The van der Waals surface area contributed by atoms with Crippen LogP contribution >= 0.6 is 0 Å². The van der Waals surface area contributed by atoms with Gasteiger partial charge in [0.25, 0.3) is 0 Å². The van der Waals surface area contributed by atoms with Gasteiger partial charge in [0.1, 0.15) is 5.82 Å². The number of aliphatic hydroxyl groups is 1. The van der Waals surface area contributed by atoms with Crippen LogP contribution in [-0.2, 0) is 13.1 Å². The van der Waals surface area contributed by atoms with Crippen LogP contribution in [0, 0.1) is 5.82 Å². The zero-order valence-corrected chi connectivity index (χ0v) is 11.9. The number of aromatic nitrogens is 2. The first-order valence-corrected chi connectivity index (χ1v) is 7.35. The highest BCUT2D eigenvalue weighted by Gasteiger charge is 2.30. The monoisotopic (exact) mass is 289 g/mol. The fourth-order valence-corrected chi connectivity index (χ4v) is 2.58. The maximum atomic E-state index is 13.8. The molecule has 1 aromatic heterocycles. The van der Waals surface area contributed by atoms with Crippen LogP contribution in [0.5, 0.6) is 0 Å². The normalized spacial score (nSPS) is 16.3. The molecule has 1 aliphatic rings. The number of benzene rings is 1. The van der Waals surface area contributed by atoms with Crippen LogP contribution < -0.4 is 0 Å². The molecule has 21 heavy (non-hydrogen) atoms. The Labute approximate surface area is 123 Å². The Hall–Kier alpha value is -1.72. The van der Waals surface area contributed by atoms with Crippen molar-refractivity contribution in [2.45, 2.75) is 38.1 Å². The summed E-state index contributed by atoms with van der Waals surface area (Å²) < 4.78 is 15.5. The number of hydrogen-bond donors (Lipinski definition) is 1. The molecule has 0 unspecified atom stereocenters. The maximum absolute atomic E-state index is 13.8. The van der Waals surface area contributed by atoms with E-state index in [4.69, 9.17) is 0 Å². The number of hydrogen-bond acceptors (Lipinski definition) is 3. The highest BCUT2D eigenvalue weighted by Crippen LogP contribution is 2.29. The Morgan fingerprint density at radius 3 is 2.81 bits per heavy atom. The Morgan fingerprint density at radius 1 is 1.33 bits per heavy atom. The Bertz CT molecular complexity index is 569. The fourth-order valence-electron chi connectivity index (χ4n) is 2.58. The smallest absolute Gasteiger partial charge is 0.127 e. The predicted molar refractivity (Wildman–Crippen MR) is 78.1 cm³/mol. The van der Waals surface area contributed by atoms with Crippen molar-refractivity contribution >= 4 is 0 Å². The average molecular weight is 289 g/mol. The summed E-state index contributed by atoms with van der Waals surface area (Å²) in [5.74, 6) is -0.176. The van der Waals surface area contributed by atoms with Crippen LogP contribution in [0.4, 0.5) is 4.39 Å². The molecule has 112 valence electrons. The molecule has 1 fully saturated rings. The van der Waals surface area contributed by atoms with E-state index in [2.05, 4.69) is 10.00 Å². The Morgan fingerprint density at radius 2 is 2.14 bits per heavy atom. The second-order valence-electron chi connectivity index (χ2n) is 5.63. The first kappa shape index (κ1) is 14.2. The molecule has 0 saturated heterocycles. The lowest BCUT2D eigenvalue weighted by Gasteiger charge is -2.25. The summed E-state index contributed by atoms with van der Waals surface area (Å²) in [6.45, 7) is 1.56. The molecule has 2 aromatic rings. The quantitative estimate of drug-likeness (QED) is 0.848. The van der Waals surface area contributed by atoms with Crippen LogP contribution in [0.25, 0.3) is 0 Å². The predicted octanol–water partition coefficient (Wildman–Crippen LogP) is 2.05. The third-order valence-corrected chi connectivity index (χ3v) is 3.80. The van der Waals surface area contributed by atoms with E-state index in [1.165, 1.54) is 6.07 Å². The molecule has 0 amide bonds. The minimum atomic E-state index is -0.503. The number of rotatable bonds is 7. The lowest BCUT2D eigenvalue weighted by Crippen LogP contribution is -2.36. The number of aliphatic hydroxyl groups excluding tert-OH is 1. The topological polar surface area (TPSA) is 41.3 Å². The second kappa shape index (κ2) is 6.37.